The van der Waals surface area contributed by atoms with Crippen LogP contribution in [0.1, 0.15) is 0 Å². The molecule has 0 aliphatic carbocycles. The van der Waals surface area contributed by atoms with Crippen LogP contribution in [0, 0.1) is 0 Å². The molecule has 0 bridgehead atoms. The van der Waals surface area contributed by atoms with Crippen LogP contribution >= 0.6 is 15.9 Å². The second kappa shape index (κ2) is 4.57. The largest absolute Gasteiger partial charge is 0.479 e. The van der Waals surface area contributed by atoms with Crippen LogP contribution in [0.15, 0.2) is 22.8 Å². The molecule has 2 aliphatic rings. The standard InChI is InChI=1S/C10H13BrN2O3/c11-7-1-2-10(9(14)15,13-5-7)8-6-16-4-3-12-8/h1-2,5,8,12-13H,3-4,6H2,(H,14,15). The molecule has 5 nitrogen and oxygen atoms in total. The van der Waals surface area contributed by atoms with Crippen LogP contribution in [0.4, 0.5) is 0 Å². The monoisotopic (exact) mass is 288 g/mol. The van der Waals surface area contributed by atoms with Gasteiger partial charge in [0, 0.05) is 17.2 Å². The van der Waals surface area contributed by atoms with Crippen molar-refractivity contribution < 1.29 is 14.6 Å². The minimum Gasteiger partial charge on any atom is -0.479 e. The summed E-state index contributed by atoms with van der Waals surface area (Å²) in [5, 5.41) is 15.4. The third kappa shape index (κ3) is 2.00. The maximum Gasteiger partial charge on any atom is 0.335 e. The summed E-state index contributed by atoms with van der Waals surface area (Å²) in [6, 6.07) is -0.271. The van der Waals surface area contributed by atoms with Gasteiger partial charge in [-0.1, -0.05) is 0 Å². The predicted molar refractivity (Wildman–Crippen MR) is 62.3 cm³/mol. The molecule has 1 fully saturated rings. The molecule has 16 heavy (non-hydrogen) atoms. The second-order valence-corrected chi connectivity index (χ2v) is 4.68. The van der Waals surface area contributed by atoms with Gasteiger partial charge in [0.15, 0.2) is 5.54 Å². The number of hydrogen-bond acceptors (Lipinski definition) is 4. The highest BCUT2D eigenvalue weighted by atomic mass is 79.9. The number of dihydropyridines is 1. The first-order valence-corrected chi connectivity index (χ1v) is 5.81. The number of morpholine rings is 1. The lowest BCUT2D eigenvalue weighted by molar-refractivity contribution is -0.144. The zero-order valence-corrected chi connectivity index (χ0v) is 10.2. The molecule has 0 aromatic rings. The first-order chi connectivity index (χ1) is 7.65. The quantitative estimate of drug-likeness (QED) is 0.677. The summed E-state index contributed by atoms with van der Waals surface area (Å²) in [6.45, 7) is 1.67. The van der Waals surface area contributed by atoms with Crippen LogP contribution in [0.25, 0.3) is 0 Å². The Bertz CT molecular complexity index is 350. The number of carboxylic acid groups (broad SMARTS) is 1. The highest BCUT2D eigenvalue weighted by Crippen LogP contribution is 2.23. The van der Waals surface area contributed by atoms with Crippen LogP contribution < -0.4 is 10.6 Å². The zero-order valence-electron chi connectivity index (χ0n) is 8.57. The summed E-state index contributed by atoms with van der Waals surface area (Å²) in [5.74, 6) is -0.914. The van der Waals surface area contributed by atoms with Crippen molar-refractivity contribution >= 4 is 21.9 Å². The maximum atomic E-state index is 11.4. The molecule has 2 heterocycles. The Balaban J connectivity index is 2.23. The SMILES string of the molecule is O=C(O)C1(C2COCCN2)C=CC(Br)=CN1. The molecule has 2 rings (SSSR count). The molecule has 2 aliphatic heterocycles. The Labute approximate surface area is 102 Å². The molecule has 0 aromatic heterocycles. The maximum absolute atomic E-state index is 11.4. The summed E-state index contributed by atoms with van der Waals surface area (Å²) < 4.78 is 6.13. The molecule has 88 valence electrons. The van der Waals surface area contributed by atoms with E-state index in [1.54, 1.807) is 18.4 Å². The van der Waals surface area contributed by atoms with E-state index in [1.165, 1.54) is 0 Å². The number of halogens is 1. The van der Waals surface area contributed by atoms with Gasteiger partial charge in [0.1, 0.15) is 0 Å². The van der Waals surface area contributed by atoms with Crippen molar-refractivity contribution in [1.82, 2.24) is 10.6 Å². The van der Waals surface area contributed by atoms with Crippen molar-refractivity contribution in [3.63, 3.8) is 0 Å². The van der Waals surface area contributed by atoms with Gasteiger partial charge in [0.05, 0.1) is 19.3 Å². The van der Waals surface area contributed by atoms with Crippen LogP contribution in [-0.4, -0.2) is 42.4 Å². The van der Waals surface area contributed by atoms with Gasteiger partial charge < -0.3 is 20.5 Å². The van der Waals surface area contributed by atoms with Gasteiger partial charge in [-0.05, 0) is 28.1 Å². The van der Waals surface area contributed by atoms with E-state index in [1.807, 2.05) is 0 Å². The van der Waals surface area contributed by atoms with Gasteiger partial charge in [-0.15, -0.1) is 0 Å². The van der Waals surface area contributed by atoms with Gasteiger partial charge in [-0.25, -0.2) is 4.79 Å². The first-order valence-electron chi connectivity index (χ1n) is 5.02. The zero-order chi connectivity index (χ0) is 11.6. The number of aliphatic carboxylic acids is 1. The molecule has 0 spiro atoms. The third-order valence-corrected chi connectivity index (χ3v) is 3.27. The summed E-state index contributed by atoms with van der Waals surface area (Å²) in [6.07, 6.45) is 5.02. The average Bonchev–Trinajstić information content (AvgIpc) is 2.31. The fourth-order valence-corrected chi connectivity index (χ4v) is 2.10. The van der Waals surface area contributed by atoms with E-state index >= 15 is 0 Å². The minimum absolute atomic E-state index is 0.271. The smallest absolute Gasteiger partial charge is 0.335 e. The molecule has 0 aromatic carbocycles. The highest BCUT2D eigenvalue weighted by molar-refractivity contribution is 9.11. The van der Waals surface area contributed by atoms with Gasteiger partial charge in [0.25, 0.3) is 0 Å². The van der Waals surface area contributed by atoms with Crippen molar-refractivity contribution in [1.29, 1.82) is 0 Å². The average molecular weight is 289 g/mol. The Morgan fingerprint density at radius 2 is 2.50 bits per heavy atom. The molecule has 0 amide bonds. The Morgan fingerprint density at radius 1 is 1.69 bits per heavy atom. The van der Waals surface area contributed by atoms with Crippen molar-refractivity contribution in [3.8, 4) is 0 Å². The minimum atomic E-state index is -1.13. The molecule has 6 heteroatoms. The van der Waals surface area contributed by atoms with Gasteiger partial charge in [0.2, 0.25) is 0 Å². The molecule has 0 radical (unpaired) electrons. The Kier molecular flexibility index (Phi) is 3.32. The summed E-state index contributed by atoms with van der Waals surface area (Å²) in [5.41, 5.74) is -1.13. The van der Waals surface area contributed by atoms with Crippen molar-refractivity contribution in [2.45, 2.75) is 11.6 Å². The number of allylic oxidation sites excluding steroid dienone is 2. The lowest BCUT2D eigenvalue weighted by Gasteiger charge is -2.39. The number of carbonyl (C=O) groups is 1. The number of ether oxygens (including phenoxy) is 1. The van der Waals surface area contributed by atoms with E-state index in [-0.39, 0.29) is 6.04 Å². The molecule has 1 saturated heterocycles. The lowest BCUT2D eigenvalue weighted by Crippen LogP contribution is -2.66. The van der Waals surface area contributed by atoms with Gasteiger partial charge in [-0.2, -0.15) is 0 Å². The van der Waals surface area contributed by atoms with E-state index in [2.05, 4.69) is 26.6 Å². The number of nitrogens with one attached hydrogen (secondary N) is 2. The molecule has 2 unspecified atom stereocenters. The number of hydrogen-bond donors (Lipinski definition) is 3. The van der Waals surface area contributed by atoms with Gasteiger partial charge >= 0.3 is 5.97 Å². The highest BCUT2D eigenvalue weighted by Gasteiger charge is 2.45. The van der Waals surface area contributed by atoms with E-state index in [4.69, 9.17) is 4.74 Å². The van der Waals surface area contributed by atoms with Crippen LogP contribution in [-0.2, 0) is 9.53 Å². The summed E-state index contributed by atoms with van der Waals surface area (Å²) >= 11 is 3.28. The van der Waals surface area contributed by atoms with E-state index in [0.29, 0.717) is 19.8 Å². The summed E-state index contributed by atoms with van der Waals surface area (Å²) in [7, 11) is 0. The molecule has 0 saturated carbocycles. The fourth-order valence-electron chi connectivity index (χ4n) is 1.85. The topological polar surface area (TPSA) is 70.6 Å². The third-order valence-electron chi connectivity index (χ3n) is 2.78. The molecule has 3 N–H and O–H groups in total. The van der Waals surface area contributed by atoms with E-state index in [0.717, 1.165) is 4.48 Å². The number of rotatable bonds is 2. The van der Waals surface area contributed by atoms with Crippen molar-refractivity contribution in [2.75, 3.05) is 19.8 Å². The normalized spacial score (nSPS) is 34.1. The first kappa shape index (κ1) is 11.6. The van der Waals surface area contributed by atoms with E-state index < -0.39 is 11.5 Å². The molecule has 2 atom stereocenters. The summed E-state index contributed by atoms with van der Waals surface area (Å²) in [4.78, 5) is 11.4. The Hall–Kier alpha value is -0.850. The van der Waals surface area contributed by atoms with Crippen LogP contribution in [0.5, 0.6) is 0 Å². The van der Waals surface area contributed by atoms with Crippen molar-refractivity contribution in [3.05, 3.63) is 22.8 Å². The van der Waals surface area contributed by atoms with Crippen LogP contribution in [0.2, 0.25) is 0 Å². The van der Waals surface area contributed by atoms with Gasteiger partial charge in [-0.3, -0.25) is 0 Å². The fraction of sp³-hybridized carbons (Fsp3) is 0.500. The molecular formula is C10H13BrN2O3. The Morgan fingerprint density at radius 3 is 3.00 bits per heavy atom. The van der Waals surface area contributed by atoms with Crippen molar-refractivity contribution in [2.24, 2.45) is 0 Å². The van der Waals surface area contributed by atoms with E-state index in [9.17, 15) is 9.90 Å². The second-order valence-electron chi connectivity index (χ2n) is 3.76. The predicted octanol–water partition coefficient (Wildman–Crippen LogP) is 0.194. The van der Waals surface area contributed by atoms with Crippen LogP contribution in [0.3, 0.4) is 0 Å². The molecular weight excluding hydrogens is 276 g/mol. The lowest BCUT2D eigenvalue weighted by atomic mass is 9.88. The number of carboxylic acids is 1.